The molecule has 2 aromatic heterocycles. The van der Waals surface area contributed by atoms with E-state index in [2.05, 4.69) is 89.1 Å². The van der Waals surface area contributed by atoms with Gasteiger partial charge in [-0.1, -0.05) is 50.3 Å². The van der Waals surface area contributed by atoms with E-state index in [1.165, 1.54) is 50.3 Å². The van der Waals surface area contributed by atoms with Crippen molar-refractivity contribution in [1.82, 2.24) is 30.7 Å². The van der Waals surface area contributed by atoms with E-state index >= 15 is 0 Å². The molecule has 212 valence electrons. The SMILES string of the molecule is CC1CCCC(C)(CCOc2ccc3cc(-c4n[nH]c5ccc(-c6n[nH]c(CC7CCCC7)n6)cc45)ccc3c2)N1. The van der Waals surface area contributed by atoms with Crippen LogP contribution in [0.15, 0.2) is 54.6 Å². The van der Waals surface area contributed by atoms with Gasteiger partial charge >= 0.3 is 0 Å². The lowest BCUT2D eigenvalue weighted by molar-refractivity contribution is 0.180. The summed E-state index contributed by atoms with van der Waals surface area (Å²) in [5.41, 5.74) is 4.19. The minimum Gasteiger partial charge on any atom is -0.494 e. The maximum atomic E-state index is 6.20. The molecule has 7 nitrogen and oxygen atoms in total. The summed E-state index contributed by atoms with van der Waals surface area (Å²) in [4.78, 5) is 4.83. The molecular weight excluding hydrogens is 508 g/mol. The molecule has 5 aromatic rings. The number of piperidine rings is 1. The molecule has 3 heterocycles. The number of nitrogens with one attached hydrogen (secondary N) is 3. The number of hydrogen-bond donors (Lipinski definition) is 3. The number of H-pyrrole nitrogens is 2. The maximum Gasteiger partial charge on any atom is 0.181 e. The van der Waals surface area contributed by atoms with E-state index in [1.807, 2.05) is 0 Å². The molecule has 1 aliphatic carbocycles. The van der Waals surface area contributed by atoms with Gasteiger partial charge in [-0.15, -0.1) is 0 Å². The summed E-state index contributed by atoms with van der Waals surface area (Å²) >= 11 is 0. The van der Waals surface area contributed by atoms with Crippen molar-refractivity contribution in [2.75, 3.05) is 6.61 Å². The second-order valence-corrected chi connectivity index (χ2v) is 12.6. The highest BCUT2D eigenvalue weighted by molar-refractivity contribution is 5.97. The predicted octanol–water partition coefficient (Wildman–Crippen LogP) is 7.59. The van der Waals surface area contributed by atoms with E-state index in [0.29, 0.717) is 12.6 Å². The molecule has 0 spiro atoms. The highest BCUT2D eigenvalue weighted by Crippen LogP contribution is 2.33. The molecule has 7 rings (SSSR count). The summed E-state index contributed by atoms with van der Waals surface area (Å²) in [7, 11) is 0. The number of fused-ring (bicyclic) bond motifs is 2. The van der Waals surface area contributed by atoms with Gasteiger partial charge < -0.3 is 10.1 Å². The quantitative estimate of drug-likeness (QED) is 0.186. The summed E-state index contributed by atoms with van der Waals surface area (Å²) < 4.78 is 6.20. The van der Waals surface area contributed by atoms with Crippen LogP contribution in [0.25, 0.3) is 44.3 Å². The Balaban J connectivity index is 1.08. The van der Waals surface area contributed by atoms with Gasteiger partial charge in [-0.3, -0.25) is 10.2 Å². The highest BCUT2D eigenvalue weighted by Gasteiger charge is 2.29. The van der Waals surface area contributed by atoms with Crippen LogP contribution in [0.1, 0.15) is 71.0 Å². The number of hydrogen-bond acceptors (Lipinski definition) is 5. The van der Waals surface area contributed by atoms with Gasteiger partial charge in [0.15, 0.2) is 5.82 Å². The first-order valence-corrected chi connectivity index (χ1v) is 15.4. The number of aromatic amines is 2. The Morgan fingerprint density at radius 2 is 1.71 bits per heavy atom. The molecule has 0 radical (unpaired) electrons. The molecule has 41 heavy (non-hydrogen) atoms. The third-order valence-corrected chi connectivity index (χ3v) is 9.28. The number of aromatic nitrogens is 5. The summed E-state index contributed by atoms with van der Waals surface area (Å²) in [5, 5.41) is 22.8. The first kappa shape index (κ1) is 26.2. The fourth-order valence-electron chi connectivity index (χ4n) is 6.97. The second kappa shape index (κ2) is 10.9. The van der Waals surface area contributed by atoms with Gasteiger partial charge in [0, 0.05) is 34.5 Å². The van der Waals surface area contributed by atoms with Crippen LogP contribution in [-0.2, 0) is 6.42 Å². The standard InChI is InChI=1S/C34H40N6O/c1-22-6-5-15-34(2,36-22)16-17-41-28-13-11-24-19-26(10-9-25(24)20-28)32-29-21-27(12-14-30(29)37-39-32)33-35-31(38-40-33)18-23-7-3-4-8-23/h9-14,19-23,36H,3-8,15-18H2,1-2H3,(H,37,39)(H,35,38,40). The molecular formula is C34H40N6O. The molecule has 3 N–H and O–H groups in total. The van der Waals surface area contributed by atoms with Crippen molar-refractivity contribution < 1.29 is 4.74 Å². The van der Waals surface area contributed by atoms with Crippen molar-refractivity contribution in [3.8, 4) is 28.4 Å². The van der Waals surface area contributed by atoms with Crippen LogP contribution in [0.4, 0.5) is 0 Å². The van der Waals surface area contributed by atoms with Crippen molar-refractivity contribution >= 4 is 21.7 Å². The number of ether oxygens (including phenoxy) is 1. The van der Waals surface area contributed by atoms with E-state index in [-0.39, 0.29) is 5.54 Å². The fraction of sp³-hybridized carbons (Fsp3) is 0.441. The zero-order valence-electron chi connectivity index (χ0n) is 24.2. The summed E-state index contributed by atoms with van der Waals surface area (Å²) in [6, 6.07) is 19.8. The summed E-state index contributed by atoms with van der Waals surface area (Å²) in [6.07, 6.45) is 11.1. The minimum atomic E-state index is 0.167. The Bertz CT molecular complexity index is 1660. The summed E-state index contributed by atoms with van der Waals surface area (Å²) in [5.74, 6) is 3.40. The Morgan fingerprint density at radius 3 is 2.59 bits per heavy atom. The average molecular weight is 549 g/mol. The third-order valence-electron chi connectivity index (χ3n) is 9.28. The first-order chi connectivity index (χ1) is 20.0. The van der Waals surface area contributed by atoms with Crippen LogP contribution in [0.5, 0.6) is 5.75 Å². The predicted molar refractivity (Wildman–Crippen MR) is 165 cm³/mol. The van der Waals surface area contributed by atoms with Crippen molar-refractivity contribution in [3.63, 3.8) is 0 Å². The molecule has 3 aromatic carbocycles. The number of rotatable bonds is 8. The van der Waals surface area contributed by atoms with E-state index in [1.54, 1.807) is 0 Å². The van der Waals surface area contributed by atoms with E-state index in [0.717, 1.165) is 69.3 Å². The van der Waals surface area contributed by atoms with Gasteiger partial charge in [0.1, 0.15) is 11.6 Å². The molecule has 1 aliphatic heterocycles. The van der Waals surface area contributed by atoms with Crippen molar-refractivity contribution in [1.29, 1.82) is 0 Å². The monoisotopic (exact) mass is 548 g/mol. The summed E-state index contributed by atoms with van der Waals surface area (Å²) in [6.45, 7) is 5.33. The number of nitrogens with zero attached hydrogens (tertiary/aromatic N) is 3. The van der Waals surface area contributed by atoms with Crippen LogP contribution < -0.4 is 10.1 Å². The zero-order valence-corrected chi connectivity index (χ0v) is 24.2. The van der Waals surface area contributed by atoms with Gasteiger partial charge in [0.25, 0.3) is 0 Å². The lowest BCUT2D eigenvalue weighted by Gasteiger charge is -2.38. The van der Waals surface area contributed by atoms with Gasteiger partial charge in [0.2, 0.25) is 0 Å². The van der Waals surface area contributed by atoms with Crippen molar-refractivity contribution in [3.05, 3.63) is 60.4 Å². The molecule has 2 atom stereocenters. The van der Waals surface area contributed by atoms with Gasteiger partial charge in [-0.2, -0.15) is 10.2 Å². The van der Waals surface area contributed by atoms with E-state index in [4.69, 9.17) is 14.8 Å². The van der Waals surface area contributed by atoms with Crippen LogP contribution in [0.3, 0.4) is 0 Å². The second-order valence-electron chi connectivity index (χ2n) is 12.6. The third kappa shape index (κ3) is 5.60. The van der Waals surface area contributed by atoms with E-state index < -0.39 is 0 Å². The smallest absolute Gasteiger partial charge is 0.181 e. The molecule has 2 fully saturated rings. The van der Waals surface area contributed by atoms with E-state index in [9.17, 15) is 0 Å². The average Bonchev–Trinajstić information content (AvgIpc) is 3.74. The lowest BCUT2D eigenvalue weighted by Crippen LogP contribution is -2.51. The van der Waals surface area contributed by atoms with Gasteiger partial charge in [-0.25, -0.2) is 4.98 Å². The highest BCUT2D eigenvalue weighted by atomic mass is 16.5. The molecule has 0 amide bonds. The molecule has 0 bridgehead atoms. The number of benzene rings is 3. The van der Waals surface area contributed by atoms with Crippen LogP contribution in [0.2, 0.25) is 0 Å². The topological polar surface area (TPSA) is 91.5 Å². The van der Waals surface area contributed by atoms with Crippen molar-refractivity contribution in [2.24, 2.45) is 5.92 Å². The van der Waals surface area contributed by atoms with Crippen LogP contribution in [0, 0.1) is 5.92 Å². The molecule has 2 aliphatic rings. The fourth-order valence-corrected chi connectivity index (χ4v) is 6.97. The molecule has 7 heteroatoms. The Labute approximate surface area is 241 Å². The van der Waals surface area contributed by atoms with Gasteiger partial charge in [-0.05, 0) is 86.2 Å². The minimum absolute atomic E-state index is 0.167. The normalized spacial score (nSPS) is 21.7. The Morgan fingerprint density at radius 1 is 0.878 bits per heavy atom. The largest absolute Gasteiger partial charge is 0.494 e. The molecule has 1 saturated carbocycles. The van der Waals surface area contributed by atoms with Gasteiger partial charge in [0.05, 0.1) is 17.8 Å². The lowest BCUT2D eigenvalue weighted by atomic mass is 9.85. The zero-order chi connectivity index (χ0) is 27.8. The van der Waals surface area contributed by atoms with Crippen LogP contribution >= 0.6 is 0 Å². The molecule has 2 unspecified atom stereocenters. The Kier molecular flexibility index (Phi) is 6.99. The first-order valence-electron chi connectivity index (χ1n) is 15.4. The molecule has 1 saturated heterocycles. The maximum absolute atomic E-state index is 6.20. The Hall–Kier alpha value is -3.71. The van der Waals surface area contributed by atoms with Crippen LogP contribution in [-0.4, -0.2) is 43.6 Å². The van der Waals surface area contributed by atoms with Crippen molar-refractivity contribution in [2.45, 2.75) is 83.2 Å².